The van der Waals surface area contributed by atoms with Gasteiger partial charge >= 0.3 is 5.97 Å². The fourth-order valence-electron chi connectivity index (χ4n) is 1.18. The van der Waals surface area contributed by atoms with E-state index in [1.165, 1.54) is 6.20 Å². The number of nitrogens with two attached hydrogens (primary N) is 1. The van der Waals surface area contributed by atoms with E-state index in [9.17, 15) is 4.79 Å². The van der Waals surface area contributed by atoms with Crippen LogP contribution in [0.1, 0.15) is 23.7 Å². The first-order valence-electron chi connectivity index (χ1n) is 5.60. The molecule has 1 heterocycles. The largest absolute Gasteiger partial charge is 0.462 e. The average molecular weight is 287 g/mol. The Hall–Kier alpha value is -0.950. The number of aromatic nitrogens is 2. The second kappa shape index (κ2) is 8.20. The van der Waals surface area contributed by atoms with Gasteiger partial charge in [-0.15, -0.1) is 0 Å². The van der Waals surface area contributed by atoms with Gasteiger partial charge in [-0.2, -0.15) is 11.8 Å². The highest BCUT2D eigenvalue weighted by Gasteiger charge is 2.13. The fraction of sp³-hybridized carbons (Fsp3) is 0.545. The summed E-state index contributed by atoms with van der Waals surface area (Å²) < 4.78 is 4.85. The molecule has 18 heavy (non-hydrogen) atoms. The van der Waals surface area contributed by atoms with E-state index in [0.29, 0.717) is 11.8 Å². The molecular formula is C11H17N3O2S2. The van der Waals surface area contributed by atoms with Gasteiger partial charge in [-0.1, -0.05) is 11.8 Å². The van der Waals surface area contributed by atoms with Crippen molar-refractivity contribution in [3.8, 4) is 0 Å². The lowest BCUT2D eigenvalue weighted by Gasteiger charge is -2.05. The van der Waals surface area contributed by atoms with Crippen LogP contribution in [0.5, 0.6) is 0 Å². The highest BCUT2D eigenvalue weighted by molar-refractivity contribution is 7.99. The molecule has 0 atom stereocenters. The molecule has 100 valence electrons. The maximum atomic E-state index is 11.5. The Labute approximate surface area is 115 Å². The summed E-state index contributed by atoms with van der Waals surface area (Å²) in [4.78, 5) is 19.7. The van der Waals surface area contributed by atoms with Crippen molar-refractivity contribution < 1.29 is 9.53 Å². The van der Waals surface area contributed by atoms with E-state index in [2.05, 4.69) is 16.2 Å². The minimum absolute atomic E-state index is 0.177. The van der Waals surface area contributed by atoms with Gasteiger partial charge in [-0.25, -0.2) is 14.8 Å². The van der Waals surface area contributed by atoms with Crippen LogP contribution in [0.4, 0.5) is 5.82 Å². The number of thioether (sulfide) groups is 2. The van der Waals surface area contributed by atoms with Crippen molar-refractivity contribution >= 4 is 35.3 Å². The second-order valence-corrected chi connectivity index (χ2v) is 5.41. The first-order valence-corrected chi connectivity index (χ1v) is 7.98. The van der Waals surface area contributed by atoms with E-state index in [1.54, 1.807) is 18.7 Å². The van der Waals surface area contributed by atoms with Gasteiger partial charge in [-0.05, 0) is 25.4 Å². The Kier molecular flexibility index (Phi) is 6.89. The van der Waals surface area contributed by atoms with Crippen LogP contribution in [0, 0.1) is 0 Å². The lowest BCUT2D eigenvalue weighted by molar-refractivity contribution is 0.0526. The van der Waals surface area contributed by atoms with Crippen molar-refractivity contribution in [2.24, 2.45) is 0 Å². The van der Waals surface area contributed by atoms with Crippen molar-refractivity contribution in [3.05, 3.63) is 11.8 Å². The molecule has 0 radical (unpaired) electrons. The molecule has 0 saturated carbocycles. The number of esters is 1. The normalized spacial score (nSPS) is 10.3. The number of hydrogen-bond acceptors (Lipinski definition) is 7. The van der Waals surface area contributed by atoms with E-state index >= 15 is 0 Å². The molecule has 0 unspecified atom stereocenters. The number of nitrogens with zero attached hydrogens (tertiary/aromatic N) is 2. The molecule has 0 amide bonds. The third kappa shape index (κ3) is 4.73. The summed E-state index contributed by atoms with van der Waals surface area (Å²) >= 11 is 3.35. The molecule has 0 saturated heterocycles. The number of anilines is 1. The van der Waals surface area contributed by atoms with E-state index < -0.39 is 5.97 Å². The van der Waals surface area contributed by atoms with Gasteiger partial charge in [0.25, 0.3) is 0 Å². The summed E-state index contributed by atoms with van der Waals surface area (Å²) in [6.45, 7) is 2.05. The lowest BCUT2D eigenvalue weighted by Crippen LogP contribution is -2.10. The predicted octanol–water partition coefficient (Wildman–Crippen LogP) is 2.08. The van der Waals surface area contributed by atoms with Crippen molar-refractivity contribution in [1.29, 1.82) is 0 Å². The predicted molar refractivity (Wildman–Crippen MR) is 76.1 cm³/mol. The molecule has 1 aromatic heterocycles. The number of rotatable bonds is 7. The van der Waals surface area contributed by atoms with Gasteiger partial charge in [0, 0.05) is 11.9 Å². The summed E-state index contributed by atoms with van der Waals surface area (Å²) in [5.41, 5.74) is 5.94. The highest BCUT2D eigenvalue weighted by atomic mass is 32.2. The molecule has 2 N–H and O–H groups in total. The van der Waals surface area contributed by atoms with Gasteiger partial charge in [-0.3, -0.25) is 0 Å². The van der Waals surface area contributed by atoms with Crippen LogP contribution >= 0.6 is 23.5 Å². The van der Waals surface area contributed by atoms with Gasteiger partial charge in [0.05, 0.1) is 6.61 Å². The smallest absolute Gasteiger partial charge is 0.343 e. The fourth-order valence-corrected chi connectivity index (χ4v) is 2.56. The third-order valence-electron chi connectivity index (χ3n) is 2.02. The van der Waals surface area contributed by atoms with E-state index in [4.69, 9.17) is 10.5 Å². The maximum absolute atomic E-state index is 11.5. The zero-order valence-corrected chi connectivity index (χ0v) is 12.1. The first kappa shape index (κ1) is 15.1. The second-order valence-electron chi connectivity index (χ2n) is 3.37. The molecule has 0 fully saturated rings. The van der Waals surface area contributed by atoms with Crippen LogP contribution < -0.4 is 5.73 Å². The number of nitrogen functional groups attached to an aromatic ring is 1. The van der Waals surface area contributed by atoms with Gasteiger partial charge in [0.2, 0.25) is 0 Å². The van der Waals surface area contributed by atoms with Crippen LogP contribution in [0.15, 0.2) is 11.4 Å². The monoisotopic (exact) mass is 287 g/mol. The molecule has 5 nitrogen and oxygen atoms in total. The van der Waals surface area contributed by atoms with Crippen molar-refractivity contribution in [2.45, 2.75) is 18.5 Å². The zero-order chi connectivity index (χ0) is 13.4. The highest BCUT2D eigenvalue weighted by Crippen LogP contribution is 2.18. The molecule has 1 rings (SSSR count). The van der Waals surface area contributed by atoms with Gasteiger partial charge in [0.15, 0.2) is 5.16 Å². The molecule has 7 heteroatoms. The quantitative estimate of drug-likeness (QED) is 0.356. The molecule has 0 aromatic carbocycles. The Morgan fingerprint density at radius 3 is 2.89 bits per heavy atom. The maximum Gasteiger partial charge on any atom is 0.343 e. The van der Waals surface area contributed by atoms with Gasteiger partial charge < -0.3 is 10.5 Å². The van der Waals surface area contributed by atoms with Crippen LogP contribution in [0.2, 0.25) is 0 Å². The Balaban J connectivity index is 2.59. The van der Waals surface area contributed by atoms with Crippen LogP contribution in [0.3, 0.4) is 0 Å². The lowest BCUT2D eigenvalue weighted by atomic mass is 10.3. The molecule has 0 spiro atoms. The van der Waals surface area contributed by atoms with Crippen molar-refractivity contribution in [2.75, 3.05) is 30.1 Å². The summed E-state index contributed by atoms with van der Waals surface area (Å²) in [6.07, 6.45) is 4.60. The van der Waals surface area contributed by atoms with E-state index in [0.717, 1.165) is 17.9 Å². The minimum atomic E-state index is -0.478. The number of carbonyl (C=O) groups is 1. The Bertz CT molecular complexity index is 402. The number of hydrogen-bond donors (Lipinski definition) is 1. The Morgan fingerprint density at radius 2 is 2.28 bits per heavy atom. The van der Waals surface area contributed by atoms with Crippen LogP contribution in [-0.4, -0.2) is 40.3 Å². The molecule has 0 aliphatic carbocycles. The van der Waals surface area contributed by atoms with Gasteiger partial charge in [0.1, 0.15) is 11.4 Å². The SMILES string of the molecule is CCOC(=O)c1cnc(SCCCSC)nc1N. The number of ether oxygens (including phenoxy) is 1. The molecule has 1 aromatic rings. The summed E-state index contributed by atoms with van der Waals surface area (Å²) in [7, 11) is 0. The van der Waals surface area contributed by atoms with E-state index in [-0.39, 0.29) is 11.4 Å². The summed E-state index contributed by atoms with van der Waals surface area (Å²) in [5.74, 6) is 1.76. The Morgan fingerprint density at radius 1 is 1.50 bits per heavy atom. The molecule has 0 aliphatic heterocycles. The summed E-state index contributed by atoms with van der Waals surface area (Å²) in [6, 6.07) is 0. The van der Waals surface area contributed by atoms with Crippen LogP contribution in [0.25, 0.3) is 0 Å². The molecule has 0 bridgehead atoms. The molecular weight excluding hydrogens is 270 g/mol. The minimum Gasteiger partial charge on any atom is -0.462 e. The first-order chi connectivity index (χ1) is 8.69. The standard InChI is InChI=1S/C11H17N3O2S2/c1-3-16-10(15)8-7-13-11(14-9(8)12)18-6-4-5-17-2/h7H,3-6H2,1-2H3,(H2,12,13,14). The van der Waals surface area contributed by atoms with Crippen LogP contribution in [-0.2, 0) is 4.74 Å². The van der Waals surface area contributed by atoms with E-state index in [1.807, 2.05) is 11.8 Å². The summed E-state index contributed by atoms with van der Waals surface area (Å²) in [5, 5.41) is 0.599. The molecule has 0 aliphatic rings. The average Bonchev–Trinajstić information content (AvgIpc) is 2.35. The zero-order valence-electron chi connectivity index (χ0n) is 10.5. The van der Waals surface area contributed by atoms with Crippen molar-refractivity contribution in [3.63, 3.8) is 0 Å². The topological polar surface area (TPSA) is 78.1 Å². The van der Waals surface area contributed by atoms with Crippen molar-refractivity contribution in [1.82, 2.24) is 9.97 Å². The third-order valence-corrected chi connectivity index (χ3v) is 3.66. The number of carbonyl (C=O) groups excluding carboxylic acids is 1.